The van der Waals surface area contributed by atoms with E-state index in [0.29, 0.717) is 6.42 Å². The number of nitrogens with one attached hydrogen (secondary N) is 2. The number of halogens is 2. The van der Waals surface area contributed by atoms with E-state index >= 15 is 0 Å². The van der Waals surface area contributed by atoms with Crippen molar-refractivity contribution in [2.75, 3.05) is 11.9 Å². The van der Waals surface area contributed by atoms with E-state index in [-0.39, 0.29) is 22.3 Å². The van der Waals surface area contributed by atoms with Crippen LogP contribution >= 0.6 is 23.2 Å². The number of hydrogen-bond acceptors (Lipinski definition) is 3. The predicted octanol–water partition coefficient (Wildman–Crippen LogP) is 2.21. The van der Waals surface area contributed by atoms with Gasteiger partial charge in [0.1, 0.15) is 0 Å². The molecule has 0 aliphatic heterocycles. The molecule has 0 fully saturated rings. The molecule has 1 atom stereocenters. The summed E-state index contributed by atoms with van der Waals surface area (Å²) in [6.07, 6.45) is 0.690. The molecule has 0 saturated carbocycles. The van der Waals surface area contributed by atoms with Crippen molar-refractivity contribution in [3.05, 3.63) is 28.2 Å². The second-order valence-electron chi connectivity index (χ2n) is 4.21. The molecule has 5 nitrogen and oxygen atoms in total. The SMILES string of the molecule is CCCC(O)CNC(=O)C(=O)Nc1cccc(Cl)c1Cl. The van der Waals surface area contributed by atoms with Gasteiger partial charge in [-0.05, 0) is 18.6 Å². The van der Waals surface area contributed by atoms with Crippen molar-refractivity contribution in [2.45, 2.75) is 25.9 Å². The summed E-state index contributed by atoms with van der Waals surface area (Å²) in [4.78, 5) is 23.2. The first-order valence-electron chi connectivity index (χ1n) is 6.17. The summed E-state index contributed by atoms with van der Waals surface area (Å²) in [7, 11) is 0. The number of rotatable bonds is 5. The van der Waals surface area contributed by atoms with Gasteiger partial charge in [0.15, 0.2) is 0 Å². The molecule has 0 aliphatic carbocycles. The average Bonchev–Trinajstić information content (AvgIpc) is 2.41. The quantitative estimate of drug-likeness (QED) is 0.728. The van der Waals surface area contributed by atoms with Crippen LogP contribution in [0.5, 0.6) is 0 Å². The molecule has 1 aromatic rings. The summed E-state index contributed by atoms with van der Waals surface area (Å²) in [5.74, 6) is -1.70. The first-order valence-corrected chi connectivity index (χ1v) is 6.92. The number of carbonyl (C=O) groups excluding carboxylic acids is 2. The van der Waals surface area contributed by atoms with Crippen molar-refractivity contribution in [2.24, 2.45) is 0 Å². The summed E-state index contributed by atoms with van der Waals surface area (Å²) in [6, 6.07) is 4.71. The molecule has 0 bridgehead atoms. The van der Waals surface area contributed by atoms with Gasteiger partial charge in [0, 0.05) is 6.54 Å². The minimum absolute atomic E-state index is 0.0311. The molecule has 0 spiro atoms. The lowest BCUT2D eigenvalue weighted by molar-refractivity contribution is -0.136. The number of carbonyl (C=O) groups is 2. The van der Waals surface area contributed by atoms with Crippen LogP contribution in [-0.4, -0.2) is 29.6 Å². The third-order valence-corrected chi connectivity index (χ3v) is 3.35. The third-order valence-electron chi connectivity index (χ3n) is 2.53. The van der Waals surface area contributed by atoms with Crippen LogP contribution in [0, 0.1) is 0 Å². The van der Waals surface area contributed by atoms with Crippen LogP contribution in [0.2, 0.25) is 10.0 Å². The Labute approximate surface area is 127 Å². The van der Waals surface area contributed by atoms with Crippen molar-refractivity contribution in [3.63, 3.8) is 0 Å². The minimum atomic E-state index is -0.863. The maximum Gasteiger partial charge on any atom is 0.313 e. The van der Waals surface area contributed by atoms with Crippen LogP contribution in [-0.2, 0) is 9.59 Å². The van der Waals surface area contributed by atoms with E-state index in [1.165, 1.54) is 6.07 Å². The van der Waals surface area contributed by atoms with Crippen LogP contribution in [0.15, 0.2) is 18.2 Å². The Morgan fingerprint density at radius 2 is 2.00 bits per heavy atom. The highest BCUT2D eigenvalue weighted by Crippen LogP contribution is 2.29. The smallest absolute Gasteiger partial charge is 0.313 e. The zero-order valence-corrected chi connectivity index (χ0v) is 12.5. The zero-order valence-electron chi connectivity index (χ0n) is 11.0. The highest BCUT2D eigenvalue weighted by atomic mass is 35.5. The number of anilines is 1. The van der Waals surface area contributed by atoms with Gasteiger partial charge in [-0.2, -0.15) is 0 Å². The molecule has 7 heteroatoms. The van der Waals surface area contributed by atoms with Gasteiger partial charge in [0.2, 0.25) is 0 Å². The Kier molecular flexibility index (Phi) is 6.78. The Bertz CT molecular complexity index is 495. The van der Waals surface area contributed by atoms with Crippen molar-refractivity contribution < 1.29 is 14.7 Å². The second-order valence-corrected chi connectivity index (χ2v) is 4.99. The molecular weight excluding hydrogens is 303 g/mol. The van der Waals surface area contributed by atoms with E-state index in [1.807, 2.05) is 6.92 Å². The highest BCUT2D eigenvalue weighted by Gasteiger charge is 2.16. The average molecular weight is 319 g/mol. The topological polar surface area (TPSA) is 78.4 Å². The maximum absolute atomic E-state index is 11.6. The maximum atomic E-state index is 11.6. The van der Waals surface area contributed by atoms with E-state index in [0.717, 1.165) is 6.42 Å². The molecular formula is C13H16Cl2N2O3. The lowest BCUT2D eigenvalue weighted by Gasteiger charge is -2.11. The van der Waals surface area contributed by atoms with E-state index in [1.54, 1.807) is 12.1 Å². The highest BCUT2D eigenvalue weighted by molar-refractivity contribution is 6.45. The van der Waals surface area contributed by atoms with Gasteiger partial charge in [-0.15, -0.1) is 0 Å². The van der Waals surface area contributed by atoms with Gasteiger partial charge in [-0.1, -0.05) is 42.6 Å². The molecule has 0 radical (unpaired) electrons. The van der Waals surface area contributed by atoms with Crippen molar-refractivity contribution >= 4 is 40.7 Å². The van der Waals surface area contributed by atoms with Gasteiger partial charge >= 0.3 is 11.8 Å². The van der Waals surface area contributed by atoms with Crippen molar-refractivity contribution in [1.82, 2.24) is 5.32 Å². The molecule has 1 unspecified atom stereocenters. The summed E-state index contributed by atoms with van der Waals surface area (Å²) in [5.41, 5.74) is 0.258. The molecule has 0 aromatic heterocycles. The van der Waals surface area contributed by atoms with E-state index in [2.05, 4.69) is 10.6 Å². The number of aliphatic hydroxyl groups is 1. The third kappa shape index (κ3) is 5.00. The standard InChI is InChI=1S/C13H16Cl2N2O3/c1-2-4-8(18)7-16-12(19)13(20)17-10-6-3-5-9(14)11(10)15/h3,5-6,8,18H,2,4,7H2,1H3,(H,16,19)(H,17,20). The fourth-order valence-corrected chi connectivity index (χ4v) is 1.85. The molecule has 0 saturated heterocycles. The second kappa shape index (κ2) is 8.09. The zero-order chi connectivity index (χ0) is 15.1. The van der Waals surface area contributed by atoms with Gasteiger partial charge in [-0.3, -0.25) is 9.59 Å². The molecule has 0 heterocycles. The van der Waals surface area contributed by atoms with Gasteiger partial charge in [0.05, 0.1) is 21.8 Å². The van der Waals surface area contributed by atoms with Crippen LogP contribution in [0.4, 0.5) is 5.69 Å². The summed E-state index contributed by atoms with van der Waals surface area (Å²) >= 11 is 11.7. The predicted molar refractivity (Wildman–Crippen MR) is 79.0 cm³/mol. The Hall–Kier alpha value is -1.30. The molecule has 1 rings (SSSR count). The largest absolute Gasteiger partial charge is 0.391 e. The summed E-state index contributed by atoms with van der Waals surface area (Å²) in [6.45, 7) is 1.95. The van der Waals surface area contributed by atoms with Gasteiger partial charge < -0.3 is 15.7 Å². The van der Waals surface area contributed by atoms with Crippen LogP contribution in [0.3, 0.4) is 0 Å². The van der Waals surface area contributed by atoms with Crippen LogP contribution in [0.1, 0.15) is 19.8 Å². The molecule has 110 valence electrons. The number of hydrogen-bond donors (Lipinski definition) is 3. The molecule has 2 amide bonds. The van der Waals surface area contributed by atoms with Crippen LogP contribution < -0.4 is 10.6 Å². The number of amides is 2. The molecule has 1 aromatic carbocycles. The lowest BCUT2D eigenvalue weighted by Crippen LogP contribution is -2.39. The first-order chi connectivity index (χ1) is 9.45. The van der Waals surface area contributed by atoms with Crippen molar-refractivity contribution in [3.8, 4) is 0 Å². The number of benzene rings is 1. The molecule has 0 aliphatic rings. The Morgan fingerprint density at radius 1 is 1.30 bits per heavy atom. The van der Waals surface area contributed by atoms with Crippen molar-refractivity contribution in [1.29, 1.82) is 0 Å². The van der Waals surface area contributed by atoms with E-state index < -0.39 is 17.9 Å². The summed E-state index contributed by atoms with van der Waals surface area (Å²) < 4.78 is 0. The monoisotopic (exact) mass is 318 g/mol. The van der Waals surface area contributed by atoms with Crippen LogP contribution in [0.25, 0.3) is 0 Å². The van der Waals surface area contributed by atoms with E-state index in [9.17, 15) is 14.7 Å². The fourth-order valence-electron chi connectivity index (χ4n) is 1.51. The fraction of sp³-hybridized carbons (Fsp3) is 0.385. The number of aliphatic hydroxyl groups excluding tert-OH is 1. The Balaban J connectivity index is 2.54. The molecule has 20 heavy (non-hydrogen) atoms. The van der Waals surface area contributed by atoms with Gasteiger partial charge in [0.25, 0.3) is 0 Å². The first kappa shape index (κ1) is 16.8. The molecule has 3 N–H and O–H groups in total. The lowest BCUT2D eigenvalue weighted by atomic mass is 10.2. The minimum Gasteiger partial charge on any atom is -0.391 e. The normalized spacial score (nSPS) is 11.8. The summed E-state index contributed by atoms with van der Waals surface area (Å²) in [5, 5.41) is 14.6. The van der Waals surface area contributed by atoms with E-state index in [4.69, 9.17) is 23.2 Å². The van der Waals surface area contributed by atoms with Gasteiger partial charge in [-0.25, -0.2) is 0 Å². The Morgan fingerprint density at radius 3 is 2.65 bits per heavy atom.